The van der Waals surface area contributed by atoms with E-state index in [1.807, 2.05) is 0 Å². The van der Waals surface area contributed by atoms with Crippen molar-refractivity contribution in [2.45, 2.75) is 6.42 Å². The van der Waals surface area contributed by atoms with Crippen LogP contribution in [0.5, 0.6) is 0 Å². The summed E-state index contributed by atoms with van der Waals surface area (Å²) in [7, 11) is -2.36. The zero-order valence-corrected chi connectivity index (χ0v) is 11.4. The zero-order valence-electron chi connectivity index (χ0n) is 9.01. The summed E-state index contributed by atoms with van der Waals surface area (Å²) in [6.45, 7) is 0. The van der Waals surface area contributed by atoms with Crippen molar-refractivity contribution in [3.8, 4) is 0 Å². The van der Waals surface area contributed by atoms with Crippen molar-refractivity contribution in [2.75, 3.05) is 17.6 Å². The number of nitrogens with one attached hydrogen (secondary N) is 1. The molecule has 0 aromatic carbocycles. The Morgan fingerprint density at radius 3 is 2.88 bits per heavy atom. The number of hydrogen-bond acceptors (Lipinski definition) is 5. The Morgan fingerprint density at radius 1 is 1.59 bits per heavy atom. The van der Waals surface area contributed by atoms with Gasteiger partial charge < -0.3 is 4.74 Å². The summed E-state index contributed by atoms with van der Waals surface area (Å²) in [5.41, 5.74) is 0.380. The summed E-state index contributed by atoms with van der Waals surface area (Å²) in [5.74, 6) is -0.891. The van der Waals surface area contributed by atoms with Crippen molar-refractivity contribution in [3.05, 3.63) is 22.9 Å². The standard InChI is InChI=1S/C9H11BrN2O4S/c1-16-9(13)3-5-17(14,15)12-8-2-4-11-6-7(8)10/h2,4,6H,3,5H2,1H3,(H,11,12). The number of ether oxygens (including phenoxy) is 1. The van der Waals surface area contributed by atoms with Crippen molar-refractivity contribution in [2.24, 2.45) is 0 Å². The first kappa shape index (κ1) is 13.9. The summed E-state index contributed by atoms with van der Waals surface area (Å²) >= 11 is 3.16. The quantitative estimate of drug-likeness (QED) is 0.822. The van der Waals surface area contributed by atoms with Crippen LogP contribution in [-0.2, 0) is 19.6 Å². The lowest BCUT2D eigenvalue weighted by Gasteiger charge is -2.08. The molecule has 17 heavy (non-hydrogen) atoms. The van der Waals surface area contributed by atoms with Crippen molar-refractivity contribution >= 4 is 37.6 Å². The highest BCUT2D eigenvalue weighted by Crippen LogP contribution is 2.21. The van der Waals surface area contributed by atoms with Crippen molar-refractivity contribution in [1.29, 1.82) is 0 Å². The minimum absolute atomic E-state index is 0.186. The highest BCUT2D eigenvalue weighted by Gasteiger charge is 2.14. The van der Waals surface area contributed by atoms with E-state index >= 15 is 0 Å². The van der Waals surface area contributed by atoms with Gasteiger partial charge in [-0.05, 0) is 22.0 Å². The molecule has 0 radical (unpaired) electrons. The summed E-state index contributed by atoms with van der Waals surface area (Å²) in [6.07, 6.45) is 2.75. The fraction of sp³-hybridized carbons (Fsp3) is 0.333. The van der Waals surface area contributed by atoms with Gasteiger partial charge >= 0.3 is 5.97 Å². The molecule has 0 bridgehead atoms. The first-order chi connectivity index (χ1) is 7.94. The first-order valence-electron chi connectivity index (χ1n) is 4.61. The molecule has 0 saturated carbocycles. The number of aromatic nitrogens is 1. The predicted molar refractivity (Wildman–Crippen MR) is 66.0 cm³/mol. The average molecular weight is 323 g/mol. The van der Waals surface area contributed by atoms with Crippen LogP contribution < -0.4 is 4.72 Å². The topological polar surface area (TPSA) is 85.4 Å². The van der Waals surface area contributed by atoms with E-state index in [4.69, 9.17) is 0 Å². The Kier molecular flexibility index (Phi) is 4.88. The number of anilines is 1. The van der Waals surface area contributed by atoms with Crippen LogP contribution in [0.25, 0.3) is 0 Å². The number of nitrogens with zero attached hydrogens (tertiary/aromatic N) is 1. The maximum Gasteiger partial charge on any atom is 0.306 e. The smallest absolute Gasteiger partial charge is 0.306 e. The lowest BCUT2D eigenvalue weighted by atomic mass is 10.4. The second-order valence-corrected chi connectivity index (χ2v) is 5.80. The average Bonchev–Trinajstić information content (AvgIpc) is 2.29. The van der Waals surface area contributed by atoms with Crippen LogP contribution in [0.15, 0.2) is 22.9 Å². The number of esters is 1. The molecule has 0 amide bonds. The summed E-state index contributed by atoms with van der Waals surface area (Å²) in [4.78, 5) is 14.7. The Morgan fingerprint density at radius 2 is 2.29 bits per heavy atom. The fourth-order valence-corrected chi connectivity index (χ4v) is 2.53. The lowest BCUT2D eigenvalue weighted by molar-refractivity contribution is -0.140. The van der Waals surface area contributed by atoms with E-state index in [0.29, 0.717) is 10.2 Å². The van der Waals surface area contributed by atoms with Gasteiger partial charge in [0.25, 0.3) is 0 Å². The molecule has 0 aliphatic heterocycles. The maximum absolute atomic E-state index is 11.6. The molecule has 1 N–H and O–H groups in total. The highest BCUT2D eigenvalue weighted by atomic mass is 79.9. The van der Waals surface area contributed by atoms with Gasteiger partial charge in [0.2, 0.25) is 10.0 Å². The Balaban J connectivity index is 2.67. The van der Waals surface area contributed by atoms with Crippen molar-refractivity contribution < 1.29 is 17.9 Å². The molecule has 1 heterocycles. The second kappa shape index (κ2) is 5.97. The molecular weight excluding hydrogens is 312 g/mol. The molecule has 94 valence electrons. The van der Waals surface area contributed by atoms with Gasteiger partial charge in [-0.2, -0.15) is 0 Å². The lowest BCUT2D eigenvalue weighted by Crippen LogP contribution is -2.19. The number of carbonyl (C=O) groups is 1. The van der Waals surface area contributed by atoms with Gasteiger partial charge in [-0.25, -0.2) is 8.42 Å². The third-order valence-corrected chi connectivity index (χ3v) is 3.74. The van der Waals surface area contributed by atoms with E-state index in [1.54, 1.807) is 0 Å². The molecule has 0 saturated heterocycles. The molecular formula is C9H11BrN2O4S. The predicted octanol–water partition coefficient (Wildman–Crippen LogP) is 1.15. The number of sulfonamides is 1. The van der Waals surface area contributed by atoms with Crippen LogP contribution in [0, 0.1) is 0 Å². The van der Waals surface area contributed by atoms with Crippen LogP contribution in [0.3, 0.4) is 0 Å². The van der Waals surface area contributed by atoms with Gasteiger partial charge in [-0.1, -0.05) is 0 Å². The minimum atomic E-state index is -3.57. The third kappa shape index (κ3) is 4.70. The van der Waals surface area contributed by atoms with Gasteiger partial charge in [0.1, 0.15) is 0 Å². The summed E-state index contributed by atoms with van der Waals surface area (Å²) in [6, 6.07) is 1.51. The second-order valence-electron chi connectivity index (χ2n) is 3.10. The molecule has 6 nitrogen and oxygen atoms in total. The Bertz CT molecular complexity index is 503. The van der Waals surface area contributed by atoms with Gasteiger partial charge in [0.05, 0.1) is 29.4 Å². The molecule has 0 spiro atoms. The molecule has 0 fully saturated rings. The largest absolute Gasteiger partial charge is 0.469 e. The number of methoxy groups -OCH3 is 1. The number of halogens is 1. The van der Waals surface area contributed by atoms with Gasteiger partial charge in [0.15, 0.2) is 0 Å². The van der Waals surface area contributed by atoms with Crippen LogP contribution in [0.2, 0.25) is 0 Å². The number of rotatable bonds is 5. The van der Waals surface area contributed by atoms with Crippen LogP contribution in [0.4, 0.5) is 5.69 Å². The molecule has 0 unspecified atom stereocenters. The molecule has 1 aromatic heterocycles. The highest BCUT2D eigenvalue weighted by molar-refractivity contribution is 9.10. The van der Waals surface area contributed by atoms with E-state index < -0.39 is 16.0 Å². The first-order valence-corrected chi connectivity index (χ1v) is 7.06. The van der Waals surface area contributed by atoms with E-state index in [9.17, 15) is 13.2 Å². The van der Waals surface area contributed by atoms with E-state index in [0.717, 1.165) is 0 Å². The SMILES string of the molecule is COC(=O)CCS(=O)(=O)Nc1ccncc1Br. The molecule has 8 heteroatoms. The molecule has 0 aliphatic rings. The van der Waals surface area contributed by atoms with Crippen LogP contribution >= 0.6 is 15.9 Å². The number of hydrogen-bond donors (Lipinski definition) is 1. The van der Waals surface area contributed by atoms with E-state index in [2.05, 4.69) is 30.4 Å². The normalized spacial score (nSPS) is 10.9. The third-order valence-electron chi connectivity index (χ3n) is 1.84. The fourth-order valence-electron chi connectivity index (χ4n) is 0.996. The van der Waals surface area contributed by atoms with Crippen molar-refractivity contribution in [3.63, 3.8) is 0 Å². The van der Waals surface area contributed by atoms with Gasteiger partial charge in [-0.3, -0.25) is 14.5 Å². The Hall–Kier alpha value is -1.15. The van der Waals surface area contributed by atoms with Crippen LogP contribution in [-0.4, -0.2) is 32.2 Å². The van der Waals surface area contributed by atoms with E-state index in [-0.39, 0.29) is 12.2 Å². The molecule has 1 rings (SSSR count). The maximum atomic E-state index is 11.6. The van der Waals surface area contributed by atoms with Gasteiger partial charge in [-0.15, -0.1) is 0 Å². The van der Waals surface area contributed by atoms with Crippen molar-refractivity contribution in [1.82, 2.24) is 4.98 Å². The molecule has 1 aromatic rings. The van der Waals surface area contributed by atoms with E-state index in [1.165, 1.54) is 25.6 Å². The zero-order chi connectivity index (χ0) is 12.9. The number of carbonyl (C=O) groups excluding carboxylic acids is 1. The monoisotopic (exact) mass is 322 g/mol. The minimum Gasteiger partial charge on any atom is -0.469 e. The van der Waals surface area contributed by atoms with Crippen LogP contribution in [0.1, 0.15) is 6.42 Å². The summed E-state index contributed by atoms with van der Waals surface area (Å²) in [5, 5.41) is 0. The Labute approximate surface area is 108 Å². The number of pyridine rings is 1. The molecule has 0 atom stereocenters. The molecule has 0 aliphatic carbocycles. The van der Waals surface area contributed by atoms with Gasteiger partial charge in [0, 0.05) is 12.4 Å². The summed E-state index contributed by atoms with van der Waals surface area (Å²) < 4.78 is 30.5.